The summed E-state index contributed by atoms with van der Waals surface area (Å²) >= 11 is 0. The maximum Gasteiger partial charge on any atom is 0.297 e. The van der Waals surface area contributed by atoms with Gasteiger partial charge in [0.05, 0.1) is 18.4 Å². The highest BCUT2D eigenvalue weighted by Crippen LogP contribution is 2.22. The second kappa shape index (κ2) is 12.1. The molecule has 0 saturated heterocycles. The molecule has 0 aliphatic rings. The summed E-state index contributed by atoms with van der Waals surface area (Å²) in [5.74, 6) is 2.03. The van der Waals surface area contributed by atoms with Crippen LogP contribution in [0.25, 0.3) is 11.5 Å². The van der Waals surface area contributed by atoms with Crippen molar-refractivity contribution in [1.82, 2.24) is 4.98 Å². The molecule has 0 aliphatic heterocycles. The minimum absolute atomic E-state index is 0.156. The Hall–Kier alpha value is -3.06. The molecule has 3 rings (SSSR count). The summed E-state index contributed by atoms with van der Waals surface area (Å²) in [5, 5.41) is 0. The van der Waals surface area contributed by atoms with E-state index in [1.807, 2.05) is 68.4 Å². The summed E-state index contributed by atoms with van der Waals surface area (Å²) in [5.41, 5.74) is 2.97. The average Bonchev–Trinajstić information content (AvgIpc) is 3.19. The van der Waals surface area contributed by atoms with Crippen LogP contribution in [0, 0.1) is 6.92 Å². The fourth-order valence-electron chi connectivity index (χ4n) is 3.30. The minimum Gasteiger partial charge on any atom is -0.493 e. The molecule has 0 saturated carbocycles. The molecule has 7 heteroatoms. The molecule has 0 amide bonds. The number of hydrogen-bond donors (Lipinski definition) is 0. The van der Waals surface area contributed by atoms with Crippen molar-refractivity contribution in [3.8, 4) is 17.2 Å². The second-order valence-corrected chi connectivity index (χ2v) is 7.45. The molecule has 0 spiro atoms. The molecule has 0 unspecified atom stereocenters. The third kappa shape index (κ3) is 6.99. The Kier molecular flexibility index (Phi) is 8.93. The van der Waals surface area contributed by atoms with Crippen molar-refractivity contribution in [1.29, 1.82) is 0 Å². The van der Waals surface area contributed by atoms with Crippen LogP contribution in [-0.2, 0) is 27.1 Å². The van der Waals surface area contributed by atoms with E-state index in [4.69, 9.17) is 18.6 Å². The molecular weight excluding hydrogens is 405 g/mol. The van der Waals surface area contributed by atoms with Crippen LogP contribution in [0.4, 0.5) is 0 Å². The Bertz CT molecular complexity index is 972. The zero-order chi connectivity index (χ0) is 22.8. The summed E-state index contributed by atoms with van der Waals surface area (Å²) in [6, 6.07) is 17.8. The van der Waals surface area contributed by atoms with Gasteiger partial charge in [-0.15, -0.1) is 0 Å². The van der Waals surface area contributed by atoms with Gasteiger partial charge < -0.3 is 18.6 Å². The summed E-state index contributed by atoms with van der Waals surface area (Å²) in [6.45, 7) is 5.21. The fourth-order valence-corrected chi connectivity index (χ4v) is 3.30. The smallest absolute Gasteiger partial charge is 0.297 e. The van der Waals surface area contributed by atoms with Crippen molar-refractivity contribution in [2.24, 2.45) is 0 Å². The maximum atomic E-state index is 11.4. The molecule has 0 bridgehead atoms. The molecule has 1 aromatic heterocycles. The second-order valence-electron chi connectivity index (χ2n) is 7.45. The normalized spacial score (nSPS) is 11.8. The Balaban J connectivity index is 1.49. The van der Waals surface area contributed by atoms with E-state index in [1.54, 1.807) is 7.85 Å². The van der Waals surface area contributed by atoms with Crippen LogP contribution in [0.3, 0.4) is 0 Å². The number of oxazole rings is 1. The van der Waals surface area contributed by atoms with Crippen molar-refractivity contribution in [2.45, 2.75) is 39.1 Å². The van der Waals surface area contributed by atoms with Gasteiger partial charge in [-0.3, -0.25) is 4.79 Å². The molecule has 32 heavy (non-hydrogen) atoms. The van der Waals surface area contributed by atoms with Gasteiger partial charge in [-0.25, -0.2) is 4.98 Å². The topological polar surface area (TPSA) is 70.8 Å². The van der Waals surface area contributed by atoms with E-state index in [9.17, 15) is 4.79 Å². The van der Waals surface area contributed by atoms with Gasteiger partial charge in [-0.05, 0) is 43.7 Å². The molecule has 1 atom stereocenters. The highest BCUT2D eigenvalue weighted by molar-refractivity contribution is 6.18. The van der Waals surface area contributed by atoms with Crippen LogP contribution in [0.5, 0.6) is 5.75 Å². The Morgan fingerprint density at radius 1 is 1.12 bits per heavy atom. The largest absolute Gasteiger partial charge is 0.493 e. The SMILES string of the molecule is BCC(=O)OC[C@H](Cc1ccc(OCCc2nc(-c3ccccc3)oc2C)cc1)OCC. The first-order valence-corrected chi connectivity index (χ1v) is 11.1. The van der Waals surface area contributed by atoms with E-state index < -0.39 is 0 Å². The third-order valence-electron chi connectivity index (χ3n) is 5.03. The molecule has 168 valence electrons. The lowest BCUT2D eigenvalue weighted by Crippen LogP contribution is -2.24. The van der Waals surface area contributed by atoms with Crippen molar-refractivity contribution >= 4 is 13.8 Å². The standard InChI is InChI=1S/C25H30BNO5/c1-3-29-22(17-31-24(28)16-26)15-19-9-11-21(12-10-19)30-14-13-23-18(2)32-25(27-23)20-7-5-4-6-8-20/h4-12,22H,3,13-17,26H2,1-2H3/t22-/m0/s1. The van der Waals surface area contributed by atoms with Crippen molar-refractivity contribution in [2.75, 3.05) is 19.8 Å². The highest BCUT2D eigenvalue weighted by atomic mass is 16.6. The zero-order valence-corrected chi connectivity index (χ0v) is 19.0. The lowest BCUT2D eigenvalue weighted by molar-refractivity contribution is -0.145. The van der Waals surface area contributed by atoms with Gasteiger partial charge in [0.1, 0.15) is 26.0 Å². The van der Waals surface area contributed by atoms with E-state index in [0.29, 0.717) is 38.3 Å². The number of nitrogens with zero attached hydrogens (tertiary/aromatic N) is 1. The quantitative estimate of drug-likeness (QED) is 0.318. The first-order valence-electron chi connectivity index (χ1n) is 11.1. The van der Waals surface area contributed by atoms with Gasteiger partial charge >= 0.3 is 0 Å². The Morgan fingerprint density at radius 3 is 2.56 bits per heavy atom. The van der Waals surface area contributed by atoms with Crippen LogP contribution in [0.15, 0.2) is 59.0 Å². The first-order chi connectivity index (χ1) is 15.6. The molecule has 0 aliphatic carbocycles. The molecule has 1 heterocycles. The predicted molar refractivity (Wildman–Crippen MR) is 126 cm³/mol. The molecule has 3 aromatic rings. The summed E-state index contributed by atoms with van der Waals surface area (Å²) in [4.78, 5) is 16.0. The number of benzene rings is 2. The number of carbonyl (C=O) groups excluding carboxylic acids is 1. The van der Waals surface area contributed by atoms with Gasteiger partial charge in [0.25, 0.3) is 5.97 Å². The molecule has 0 N–H and O–H groups in total. The third-order valence-corrected chi connectivity index (χ3v) is 5.03. The van der Waals surface area contributed by atoms with Crippen molar-refractivity contribution in [3.63, 3.8) is 0 Å². The van der Waals surface area contributed by atoms with Crippen molar-refractivity contribution in [3.05, 3.63) is 71.6 Å². The minimum atomic E-state index is -0.211. The predicted octanol–water partition coefficient (Wildman–Crippen LogP) is 3.81. The fraction of sp³-hybridized carbons (Fsp3) is 0.360. The van der Waals surface area contributed by atoms with Gasteiger partial charge in [0.2, 0.25) is 5.89 Å². The van der Waals surface area contributed by atoms with E-state index in [0.717, 1.165) is 28.3 Å². The lowest BCUT2D eigenvalue weighted by Gasteiger charge is -2.17. The molecule has 2 aromatic carbocycles. The summed E-state index contributed by atoms with van der Waals surface area (Å²) in [7, 11) is 1.78. The molecule has 0 radical (unpaired) electrons. The molecule has 6 nitrogen and oxygen atoms in total. The number of rotatable bonds is 12. The van der Waals surface area contributed by atoms with E-state index in [2.05, 4.69) is 4.98 Å². The van der Waals surface area contributed by atoms with Crippen molar-refractivity contribution < 1.29 is 23.4 Å². The van der Waals surface area contributed by atoms with Crippen LogP contribution in [-0.4, -0.2) is 44.7 Å². The van der Waals surface area contributed by atoms with Crippen LogP contribution in [0.2, 0.25) is 6.32 Å². The van der Waals surface area contributed by atoms with E-state index in [-0.39, 0.29) is 18.7 Å². The van der Waals surface area contributed by atoms with E-state index >= 15 is 0 Å². The molecular formula is C25H30BNO5. The number of ether oxygens (including phenoxy) is 3. The number of esters is 1. The van der Waals surface area contributed by atoms with Gasteiger partial charge in [0, 0.05) is 31.3 Å². The number of hydrogen-bond acceptors (Lipinski definition) is 6. The van der Waals surface area contributed by atoms with Gasteiger partial charge in [-0.2, -0.15) is 0 Å². The average molecular weight is 435 g/mol. The number of aryl methyl sites for hydroxylation is 1. The van der Waals surface area contributed by atoms with Crippen LogP contribution in [0.1, 0.15) is 23.9 Å². The van der Waals surface area contributed by atoms with Gasteiger partial charge in [-0.1, -0.05) is 30.3 Å². The summed E-state index contributed by atoms with van der Waals surface area (Å²) < 4.78 is 22.6. The van der Waals surface area contributed by atoms with E-state index in [1.165, 1.54) is 0 Å². The highest BCUT2D eigenvalue weighted by Gasteiger charge is 2.13. The monoisotopic (exact) mass is 435 g/mol. The Labute approximate surface area is 190 Å². The zero-order valence-electron chi connectivity index (χ0n) is 19.0. The number of carbonyl (C=O) groups is 1. The molecule has 0 fully saturated rings. The Morgan fingerprint density at radius 2 is 1.88 bits per heavy atom. The van der Waals surface area contributed by atoms with Crippen LogP contribution < -0.4 is 4.74 Å². The van der Waals surface area contributed by atoms with Gasteiger partial charge in [0.15, 0.2) is 0 Å². The lowest BCUT2D eigenvalue weighted by atomic mass is 10.1. The first kappa shape index (κ1) is 23.6. The van der Waals surface area contributed by atoms with Crippen LogP contribution >= 0.6 is 0 Å². The summed E-state index contributed by atoms with van der Waals surface area (Å²) in [6.07, 6.45) is 1.55. The number of aromatic nitrogens is 1. The maximum absolute atomic E-state index is 11.4.